The van der Waals surface area contributed by atoms with Gasteiger partial charge in [-0.15, -0.1) is 0 Å². The van der Waals surface area contributed by atoms with Crippen molar-refractivity contribution in [3.63, 3.8) is 0 Å². The molecule has 0 amide bonds. The second kappa shape index (κ2) is 8.44. The fourth-order valence-corrected chi connectivity index (χ4v) is 2.44. The minimum Gasteiger partial charge on any atom is -0.457 e. The number of esters is 1. The average Bonchev–Trinajstić information content (AvgIpc) is 2.59. The standard InChI is InChI=1S/C19H22N2O5/c1-19(2,10-11-22)20-16-12-15(8-9-17(16)21(24)25)18(23)26-13-14-6-4-3-5-7-14/h3-9,12,20,22H,10-11,13H2,1-2H3. The maximum atomic E-state index is 12.3. The SMILES string of the molecule is CC(C)(CCO)Nc1cc(C(=O)OCc2ccccc2)ccc1[N+](=O)[O-]. The van der Waals surface area contributed by atoms with Crippen molar-refractivity contribution in [3.8, 4) is 0 Å². The molecule has 0 fully saturated rings. The second-order valence-electron chi connectivity index (χ2n) is 6.53. The quantitative estimate of drug-likeness (QED) is 0.425. The van der Waals surface area contributed by atoms with Gasteiger partial charge in [-0.25, -0.2) is 4.79 Å². The van der Waals surface area contributed by atoms with Crippen molar-refractivity contribution in [1.82, 2.24) is 0 Å². The molecule has 26 heavy (non-hydrogen) atoms. The van der Waals surface area contributed by atoms with Gasteiger partial charge in [-0.2, -0.15) is 0 Å². The Bertz CT molecular complexity index is 775. The van der Waals surface area contributed by atoms with Gasteiger partial charge in [0.15, 0.2) is 0 Å². The molecule has 0 atom stereocenters. The van der Waals surface area contributed by atoms with Crippen molar-refractivity contribution in [2.24, 2.45) is 0 Å². The summed E-state index contributed by atoms with van der Waals surface area (Å²) in [6.07, 6.45) is 0.396. The first kappa shape index (κ1) is 19.4. The Hall–Kier alpha value is -2.93. The third-order valence-electron chi connectivity index (χ3n) is 3.85. The van der Waals surface area contributed by atoms with Gasteiger partial charge in [0, 0.05) is 18.2 Å². The summed E-state index contributed by atoms with van der Waals surface area (Å²) in [4.78, 5) is 23.0. The number of carbonyl (C=O) groups is 1. The second-order valence-corrected chi connectivity index (χ2v) is 6.53. The number of hydrogen-bond acceptors (Lipinski definition) is 6. The maximum Gasteiger partial charge on any atom is 0.338 e. The highest BCUT2D eigenvalue weighted by Crippen LogP contribution is 2.29. The van der Waals surface area contributed by atoms with Crippen LogP contribution in [-0.4, -0.2) is 28.1 Å². The van der Waals surface area contributed by atoms with Crippen LogP contribution in [0.25, 0.3) is 0 Å². The van der Waals surface area contributed by atoms with Gasteiger partial charge in [-0.1, -0.05) is 30.3 Å². The normalized spacial score (nSPS) is 11.0. The van der Waals surface area contributed by atoms with E-state index in [0.717, 1.165) is 5.56 Å². The Morgan fingerprint density at radius 2 is 1.92 bits per heavy atom. The molecule has 0 aromatic heterocycles. The fourth-order valence-electron chi connectivity index (χ4n) is 2.44. The number of nitrogens with zero attached hydrogens (tertiary/aromatic N) is 1. The van der Waals surface area contributed by atoms with E-state index >= 15 is 0 Å². The highest BCUT2D eigenvalue weighted by molar-refractivity contribution is 5.91. The number of rotatable bonds is 8. The van der Waals surface area contributed by atoms with E-state index in [1.54, 1.807) is 0 Å². The number of aliphatic hydroxyl groups excluding tert-OH is 1. The molecule has 0 radical (unpaired) electrons. The number of nitro groups is 1. The van der Waals surface area contributed by atoms with Crippen LogP contribution in [0.4, 0.5) is 11.4 Å². The Morgan fingerprint density at radius 3 is 2.54 bits per heavy atom. The largest absolute Gasteiger partial charge is 0.457 e. The zero-order valence-corrected chi connectivity index (χ0v) is 14.8. The molecule has 0 bridgehead atoms. The molecule has 0 heterocycles. The third kappa shape index (κ3) is 5.29. The highest BCUT2D eigenvalue weighted by atomic mass is 16.6. The van der Waals surface area contributed by atoms with Crippen LogP contribution in [0.15, 0.2) is 48.5 Å². The van der Waals surface area contributed by atoms with Gasteiger partial charge in [-0.3, -0.25) is 10.1 Å². The van der Waals surface area contributed by atoms with Crippen molar-refractivity contribution in [2.45, 2.75) is 32.4 Å². The summed E-state index contributed by atoms with van der Waals surface area (Å²) >= 11 is 0. The van der Waals surface area contributed by atoms with Crippen molar-refractivity contribution >= 4 is 17.3 Å². The molecular weight excluding hydrogens is 336 g/mol. The molecule has 7 heteroatoms. The monoisotopic (exact) mass is 358 g/mol. The number of benzene rings is 2. The lowest BCUT2D eigenvalue weighted by Gasteiger charge is -2.26. The molecule has 0 spiro atoms. The van der Waals surface area contributed by atoms with Crippen LogP contribution >= 0.6 is 0 Å². The number of aliphatic hydroxyl groups is 1. The molecule has 0 saturated heterocycles. The van der Waals surface area contributed by atoms with E-state index in [-0.39, 0.29) is 30.2 Å². The summed E-state index contributed by atoms with van der Waals surface area (Å²) in [7, 11) is 0. The van der Waals surface area contributed by atoms with Crippen LogP contribution in [-0.2, 0) is 11.3 Å². The Labute approximate surface area is 151 Å². The topological polar surface area (TPSA) is 102 Å². The van der Waals surface area contributed by atoms with Crippen LogP contribution in [0.3, 0.4) is 0 Å². The summed E-state index contributed by atoms with van der Waals surface area (Å²) < 4.78 is 5.27. The van der Waals surface area contributed by atoms with Gasteiger partial charge in [-0.05, 0) is 38.0 Å². The van der Waals surface area contributed by atoms with Crippen LogP contribution in [0, 0.1) is 10.1 Å². The fraction of sp³-hybridized carbons (Fsp3) is 0.316. The summed E-state index contributed by atoms with van der Waals surface area (Å²) in [5, 5.41) is 23.4. The summed E-state index contributed by atoms with van der Waals surface area (Å²) in [5.74, 6) is -0.563. The minimum absolute atomic E-state index is 0.0629. The average molecular weight is 358 g/mol. The first-order valence-electron chi connectivity index (χ1n) is 8.21. The number of nitro benzene ring substituents is 1. The molecule has 0 aliphatic heterocycles. The molecule has 2 aromatic rings. The zero-order chi connectivity index (χ0) is 19.2. The van der Waals surface area contributed by atoms with Gasteiger partial charge in [0.1, 0.15) is 12.3 Å². The van der Waals surface area contributed by atoms with Crippen molar-refractivity contribution in [2.75, 3.05) is 11.9 Å². The number of carbonyl (C=O) groups excluding carboxylic acids is 1. The van der Waals surface area contributed by atoms with Gasteiger partial charge in [0.25, 0.3) is 5.69 Å². The van der Waals surface area contributed by atoms with E-state index in [9.17, 15) is 14.9 Å². The van der Waals surface area contributed by atoms with Gasteiger partial charge >= 0.3 is 5.97 Å². The first-order valence-corrected chi connectivity index (χ1v) is 8.21. The smallest absolute Gasteiger partial charge is 0.338 e. The van der Waals surface area contributed by atoms with Gasteiger partial charge in [0.05, 0.1) is 10.5 Å². The predicted octanol–water partition coefficient (Wildman–Crippen LogP) is 3.52. The maximum absolute atomic E-state index is 12.3. The molecular formula is C19H22N2O5. The Kier molecular flexibility index (Phi) is 6.30. The van der Waals surface area contributed by atoms with Crippen LogP contribution in [0.1, 0.15) is 36.2 Å². The number of ether oxygens (including phenoxy) is 1. The van der Waals surface area contributed by atoms with Crippen molar-refractivity contribution in [3.05, 3.63) is 69.8 Å². The molecule has 2 aromatic carbocycles. The zero-order valence-electron chi connectivity index (χ0n) is 14.8. The lowest BCUT2D eigenvalue weighted by atomic mass is 10.00. The van der Waals surface area contributed by atoms with Gasteiger partial charge in [0.2, 0.25) is 0 Å². The molecule has 0 aliphatic rings. The van der Waals surface area contributed by atoms with Crippen LogP contribution in [0.5, 0.6) is 0 Å². The molecule has 0 aliphatic carbocycles. The van der Waals surface area contributed by atoms with E-state index in [0.29, 0.717) is 6.42 Å². The number of anilines is 1. The minimum atomic E-state index is -0.577. The molecule has 0 unspecified atom stereocenters. The van der Waals surface area contributed by atoms with E-state index in [4.69, 9.17) is 9.84 Å². The highest BCUT2D eigenvalue weighted by Gasteiger charge is 2.24. The molecule has 2 rings (SSSR count). The van der Waals surface area contributed by atoms with E-state index in [2.05, 4.69) is 5.32 Å². The van der Waals surface area contributed by atoms with Gasteiger partial charge < -0.3 is 15.2 Å². The van der Waals surface area contributed by atoms with Crippen molar-refractivity contribution in [1.29, 1.82) is 0 Å². The molecule has 2 N–H and O–H groups in total. The van der Waals surface area contributed by atoms with Crippen LogP contribution in [0.2, 0.25) is 0 Å². The van der Waals surface area contributed by atoms with E-state index in [1.807, 2.05) is 44.2 Å². The lowest BCUT2D eigenvalue weighted by Crippen LogP contribution is -2.32. The summed E-state index contributed by atoms with van der Waals surface area (Å²) in [6, 6.07) is 13.3. The first-order chi connectivity index (χ1) is 12.3. The molecule has 7 nitrogen and oxygen atoms in total. The predicted molar refractivity (Wildman–Crippen MR) is 98.1 cm³/mol. The van der Waals surface area contributed by atoms with E-state index in [1.165, 1.54) is 18.2 Å². The summed E-state index contributed by atoms with van der Waals surface area (Å²) in [5.41, 5.74) is 0.559. The number of hydrogen-bond donors (Lipinski definition) is 2. The summed E-state index contributed by atoms with van der Waals surface area (Å²) in [6.45, 7) is 3.68. The lowest BCUT2D eigenvalue weighted by molar-refractivity contribution is -0.384. The third-order valence-corrected chi connectivity index (χ3v) is 3.85. The van der Waals surface area contributed by atoms with Crippen LogP contribution < -0.4 is 5.32 Å². The molecule has 138 valence electrons. The Morgan fingerprint density at radius 1 is 1.23 bits per heavy atom. The Balaban J connectivity index is 2.19. The molecule has 0 saturated carbocycles. The van der Waals surface area contributed by atoms with E-state index < -0.39 is 16.4 Å². The van der Waals surface area contributed by atoms with Crippen molar-refractivity contribution < 1.29 is 19.6 Å². The number of nitrogens with one attached hydrogen (secondary N) is 1.